The van der Waals surface area contributed by atoms with E-state index in [0.29, 0.717) is 11.3 Å². The van der Waals surface area contributed by atoms with Gasteiger partial charge in [-0.2, -0.15) is 5.26 Å². The van der Waals surface area contributed by atoms with E-state index in [4.69, 9.17) is 5.14 Å². The summed E-state index contributed by atoms with van der Waals surface area (Å²) in [6, 6.07) is 14.4. The van der Waals surface area contributed by atoms with Crippen molar-refractivity contribution in [1.29, 1.82) is 5.26 Å². The number of aldehydes is 1. The standard InChI is InChI=1S/C14H22N2S.C9H11F.C8H9NO2S/c1-5-10(3)7-8-11-12(9-15)14(16-4)17-13(11)6-2;1-3-8-7(2)5-4-6-9(8)10;9-12(11)8-3-1-7(2-4-8)5-6-10/h10,16H,5-8H2,1-4H3;4-6H,3H2,1-2H3;1-4,6H,5,9H2. The minimum Gasteiger partial charge on any atom is -0.379 e. The SMILES string of the molecule is CCc1c(C)cccc1F.CCc1sc(NC)c(C#N)c1CCC(C)CC.NS(=O)c1ccc(CC=O)cc1. The van der Waals surface area contributed by atoms with Crippen LogP contribution in [0.25, 0.3) is 0 Å². The van der Waals surface area contributed by atoms with Crippen LogP contribution in [-0.4, -0.2) is 17.5 Å². The number of carbonyl (C=O) groups excluding carboxylic acids is 1. The molecule has 2 unspecified atom stereocenters. The number of hydrogen-bond donors (Lipinski definition) is 2. The van der Waals surface area contributed by atoms with Crippen molar-refractivity contribution in [2.75, 3.05) is 12.4 Å². The van der Waals surface area contributed by atoms with Crippen LogP contribution in [0.3, 0.4) is 0 Å². The molecule has 3 rings (SSSR count). The Balaban J connectivity index is 0.000000305. The van der Waals surface area contributed by atoms with Gasteiger partial charge in [-0.3, -0.25) is 0 Å². The molecule has 1 heterocycles. The number of aryl methyl sites for hydroxylation is 2. The zero-order valence-corrected chi connectivity index (χ0v) is 25.6. The van der Waals surface area contributed by atoms with Crippen LogP contribution in [0.2, 0.25) is 0 Å². The second-order valence-corrected chi connectivity index (χ2v) is 11.3. The largest absolute Gasteiger partial charge is 0.379 e. The van der Waals surface area contributed by atoms with Crippen molar-refractivity contribution >= 4 is 33.6 Å². The maximum Gasteiger partial charge on any atom is 0.126 e. The van der Waals surface area contributed by atoms with Crippen LogP contribution in [0.5, 0.6) is 0 Å². The Hall–Kier alpha value is -2.86. The summed E-state index contributed by atoms with van der Waals surface area (Å²) in [6.07, 6.45) is 6.45. The van der Waals surface area contributed by atoms with Crippen molar-refractivity contribution in [1.82, 2.24) is 0 Å². The lowest BCUT2D eigenvalue weighted by Gasteiger charge is -2.08. The van der Waals surface area contributed by atoms with Gasteiger partial charge in [0.15, 0.2) is 0 Å². The Labute approximate surface area is 240 Å². The summed E-state index contributed by atoms with van der Waals surface area (Å²) < 4.78 is 23.6. The van der Waals surface area contributed by atoms with Gasteiger partial charge in [-0.25, -0.2) is 13.7 Å². The molecule has 0 aliphatic rings. The molecule has 0 radical (unpaired) electrons. The molecule has 0 fully saturated rings. The molecule has 0 aliphatic carbocycles. The van der Waals surface area contributed by atoms with E-state index in [1.807, 2.05) is 27.0 Å². The third-order valence-electron chi connectivity index (χ3n) is 6.52. The van der Waals surface area contributed by atoms with E-state index in [1.54, 1.807) is 41.7 Å². The fraction of sp³-hybridized carbons (Fsp3) is 0.419. The number of rotatable bonds is 10. The van der Waals surface area contributed by atoms with E-state index < -0.39 is 11.0 Å². The summed E-state index contributed by atoms with van der Waals surface area (Å²) in [6.45, 7) is 10.6. The van der Waals surface area contributed by atoms with Crippen LogP contribution >= 0.6 is 11.3 Å². The van der Waals surface area contributed by atoms with Gasteiger partial charge in [-0.15, -0.1) is 11.3 Å². The van der Waals surface area contributed by atoms with Gasteiger partial charge in [-0.1, -0.05) is 58.4 Å². The Morgan fingerprint density at radius 3 is 2.23 bits per heavy atom. The molecule has 0 saturated heterocycles. The molecule has 3 aromatic rings. The molecular weight excluding hydrogens is 529 g/mol. The first-order valence-electron chi connectivity index (χ1n) is 13.3. The lowest BCUT2D eigenvalue weighted by atomic mass is 9.96. The second kappa shape index (κ2) is 18.4. The van der Waals surface area contributed by atoms with Crippen molar-refractivity contribution in [3.05, 3.63) is 81.0 Å². The number of thiophene rings is 1. The smallest absolute Gasteiger partial charge is 0.126 e. The molecule has 0 bridgehead atoms. The summed E-state index contributed by atoms with van der Waals surface area (Å²) in [5, 5.41) is 18.6. The minimum atomic E-state index is -1.43. The molecule has 0 amide bonds. The van der Waals surface area contributed by atoms with Gasteiger partial charge >= 0.3 is 0 Å². The number of nitrogens with two attached hydrogens (primary N) is 1. The van der Waals surface area contributed by atoms with Gasteiger partial charge < -0.3 is 10.1 Å². The van der Waals surface area contributed by atoms with Crippen LogP contribution in [0, 0.1) is 30.0 Å². The van der Waals surface area contributed by atoms with Crippen molar-refractivity contribution in [2.45, 2.75) is 78.0 Å². The number of nitriles is 1. The van der Waals surface area contributed by atoms with Crippen LogP contribution < -0.4 is 10.5 Å². The number of hydrogen-bond acceptors (Lipinski definition) is 5. The molecule has 5 nitrogen and oxygen atoms in total. The molecule has 3 N–H and O–H groups in total. The third kappa shape index (κ3) is 11.0. The number of carbonyl (C=O) groups is 1. The van der Waals surface area contributed by atoms with Crippen LogP contribution in [0.4, 0.5) is 9.39 Å². The first-order chi connectivity index (χ1) is 18.7. The molecular formula is C31H42FN3O2S2. The molecule has 0 saturated carbocycles. The molecule has 212 valence electrons. The Morgan fingerprint density at radius 2 is 1.79 bits per heavy atom. The van der Waals surface area contributed by atoms with Gasteiger partial charge in [0.1, 0.15) is 34.2 Å². The summed E-state index contributed by atoms with van der Waals surface area (Å²) >= 11 is 1.74. The Morgan fingerprint density at radius 1 is 1.13 bits per heavy atom. The number of nitrogens with zero attached hydrogens (tertiary/aromatic N) is 1. The normalized spacial score (nSPS) is 11.7. The van der Waals surface area contributed by atoms with Crippen LogP contribution in [-0.2, 0) is 41.5 Å². The maximum atomic E-state index is 12.9. The maximum absolute atomic E-state index is 12.9. The first-order valence-corrected chi connectivity index (χ1v) is 15.3. The van der Waals surface area contributed by atoms with E-state index in [1.165, 1.54) is 29.3 Å². The summed E-state index contributed by atoms with van der Waals surface area (Å²) in [5.74, 6) is 0.659. The molecule has 8 heteroatoms. The quantitative estimate of drug-likeness (QED) is 0.249. The van der Waals surface area contributed by atoms with Crippen molar-refractivity contribution in [3.63, 3.8) is 0 Å². The summed E-state index contributed by atoms with van der Waals surface area (Å²) in [4.78, 5) is 12.1. The van der Waals surface area contributed by atoms with E-state index in [-0.39, 0.29) is 5.82 Å². The fourth-order valence-corrected chi connectivity index (χ4v) is 5.42. The Kier molecular flexibility index (Phi) is 16.1. The van der Waals surface area contributed by atoms with E-state index >= 15 is 0 Å². The lowest BCUT2D eigenvalue weighted by Crippen LogP contribution is -2.02. The van der Waals surface area contributed by atoms with Gasteiger partial charge in [0.05, 0.1) is 10.5 Å². The van der Waals surface area contributed by atoms with E-state index in [0.717, 1.165) is 58.7 Å². The first kappa shape index (κ1) is 34.2. The number of nitrogens with one attached hydrogen (secondary N) is 1. The average molecular weight is 572 g/mol. The highest BCUT2D eigenvalue weighted by molar-refractivity contribution is 7.82. The molecule has 2 aromatic carbocycles. The predicted octanol–water partition coefficient (Wildman–Crippen LogP) is 7.31. The molecule has 2 atom stereocenters. The van der Waals surface area contributed by atoms with Crippen molar-refractivity contribution in [3.8, 4) is 6.07 Å². The van der Waals surface area contributed by atoms with Crippen molar-refractivity contribution in [2.24, 2.45) is 11.1 Å². The minimum absolute atomic E-state index is 0.0810. The predicted molar refractivity (Wildman–Crippen MR) is 163 cm³/mol. The fourth-order valence-electron chi connectivity index (χ4n) is 3.92. The number of anilines is 1. The highest BCUT2D eigenvalue weighted by Gasteiger charge is 2.16. The number of halogens is 1. The van der Waals surface area contributed by atoms with Gasteiger partial charge in [-0.05, 0) is 79.0 Å². The topological polar surface area (TPSA) is 96.0 Å². The highest BCUT2D eigenvalue weighted by atomic mass is 32.2. The van der Waals surface area contributed by atoms with Gasteiger partial charge in [0, 0.05) is 18.3 Å². The van der Waals surface area contributed by atoms with E-state index in [2.05, 4.69) is 32.2 Å². The molecule has 0 spiro atoms. The summed E-state index contributed by atoms with van der Waals surface area (Å²) in [5.41, 5.74) is 4.94. The zero-order chi connectivity index (χ0) is 29.4. The lowest BCUT2D eigenvalue weighted by molar-refractivity contribution is -0.107. The molecule has 0 aliphatic heterocycles. The second-order valence-electron chi connectivity index (χ2n) is 9.18. The van der Waals surface area contributed by atoms with Crippen LogP contribution in [0.15, 0.2) is 47.4 Å². The highest BCUT2D eigenvalue weighted by Crippen LogP contribution is 2.34. The monoisotopic (exact) mass is 571 g/mol. The van der Waals surface area contributed by atoms with Crippen molar-refractivity contribution < 1.29 is 13.4 Å². The average Bonchev–Trinajstić information content (AvgIpc) is 3.29. The third-order valence-corrected chi connectivity index (χ3v) is 8.65. The van der Waals surface area contributed by atoms with Gasteiger partial charge in [0.25, 0.3) is 0 Å². The number of benzene rings is 2. The van der Waals surface area contributed by atoms with E-state index in [9.17, 15) is 18.7 Å². The van der Waals surface area contributed by atoms with Gasteiger partial charge in [0.2, 0.25) is 0 Å². The molecule has 39 heavy (non-hydrogen) atoms. The Bertz CT molecular complexity index is 1210. The molecule has 1 aromatic heterocycles. The van der Waals surface area contributed by atoms with Crippen LogP contribution in [0.1, 0.15) is 73.2 Å². The zero-order valence-electron chi connectivity index (χ0n) is 24.0. The summed E-state index contributed by atoms with van der Waals surface area (Å²) in [7, 11) is 0.464.